The van der Waals surface area contributed by atoms with Gasteiger partial charge in [0.2, 0.25) is 5.91 Å². The lowest BCUT2D eigenvalue weighted by Gasteiger charge is -2.36. The number of unbranched alkanes of at least 4 members (excludes halogenated alkanes) is 1. The van der Waals surface area contributed by atoms with Crippen LogP contribution in [0.2, 0.25) is 0 Å². The van der Waals surface area contributed by atoms with E-state index in [1.54, 1.807) is 0 Å². The summed E-state index contributed by atoms with van der Waals surface area (Å²) in [7, 11) is 0. The number of likely N-dealkylation sites (tertiary alicyclic amines) is 1. The predicted molar refractivity (Wildman–Crippen MR) is 68.8 cm³/mol. The van der Waals surface area contributed by atoms with Gasteiger partial charge in [-0.15, -0.1) is 11.6 Å². The van der Waals surface area contributed by atoms with E-state index >= 15 is 0 Å². The summed E-state index contributed by atoms with van der Waals surface area (Å²) in [5.74, 6) is 1.02. The van der Waals surface area contributed by atoms with Crippen LogP contribution in [0.1, 0.15) is 58.3 Å². The predicted octanol–water partition coefficient (Wildman–Crippen LogP) is 3.58. The molecule has 1 fully saturated rings. The highest BCUT2D eigenvalue weighted by Gasteiger charge is 2.25. The van der Waals surface area contributed by atoms with E-state index in [9.17, 15) is 4.79 Å². The molecule has 1 amide bonds. The first-order chi connectivity index (χ1) is 7.79. The van der Waals surface area contributed by atoms with Crippen molar-refractivity contribution >= 4 is 17.5 Å². The molecule has 1 rings (SSSR count). The molecular formula is C13H24ClNO. The summed E-state index contributed by atoms with van der Waals surface area (Å²) in [6.07, 6.45) is 8.61. The Balaban J connectivity index is 2.37. The Labute approximate surface area is 104 Å². The normalized spacial score (nSPS) is 21.1. The van der Waals surface area contributed by atoms with E-state index < -0.39 is 0 Å². The molecule has 0 aromatic carbocycles. The quantitative estimate of drug-likeness (QED) is 0.518. The van der Waals surface area contributed by atoms with E-state index in [4.69, 9.17) is 11.6 Å². The molecule has 0 aromatic heterocycles. The van der Waals surface area contributed by atoms with Crippen LogP contribution < -0.4 is 0 Å². The number of alkyl halides is 1. The molecule has 0 aliphatic carbocycles. The average Bonchev–Trinajstić information content (AvgIpc) is 2.30. The molecule has 1 aliphatic rings. The Morgan fingerprint density at radius 1 is 1.38 bits per heavy atom. The van der Waals surface area contributed by atoms with E-state index in [0.717, 1.165) is 19.4 Å². The Bertz CT molecular complexity index is 206. The molecule has 0 bridgehead atoms. The summed E-state index contributed by atoms with van der Waals surface area (Å²) in [6.45, 7) is 3.18. The SMILES string of the molecule is CCCC1CCCCN1C(=O)CCCCCl. The topological polar surface area (TPSA) is 20.3 Å². The van der Waals surface area contributed by atoms with Crippen molar-refractivity contribution in [3.05, 3.63) is 0 Å². The van der Waals surface area contributed by atoms with Crippen molar-refractivity contribution in [3.63, 3.8) is 0 Å². The first-order valence-electron chi connectivity index (χ1n) is 6.65. The van der Waals surface area contributed by atoms with Gasteiger partial charge in [-0.1, -0.05) is 13.3 Å². The Morgan fingerprint density at radius 3 is 2.88 bits per heavy atom. The van der Waals surface area contributed by atoms with Crippen molar-refractivity contribution < 1.29 is 4.79 Å². The molecule has 2 nitrogen and oxygen atoms in total. The van der Waals surface area contributed by atoms with Crippen LogP contribution >= 0.6 is 11.6 Å². The second-order valence-corrected chi connectivity index (χ2v) is 5.05. The fraction of sp³-hybridized carbons (Fsp3) is 0.923. The summed E-state index contributed by atoms with van der Waals surface area (Å²) in [4.78, 5) is 14.2. The summed E-state index contributed by atoms with van der Waals surface area (Å²) < 4.78 is 0. The summed E-state index contributed by atoms with van der Waals surface area (Å²) in [5.41, 5.74) is 0. The molecule has 0 radical (unpaired) electrons. The van der Waals surface area contributed by atoms with Gasteiger partial charge in [-0.05, 0) is 38.5 Å². The molecule has 3 heteroatoms. The molecule has 1 atom stereocenters. The van der Waals surface area contributed by atoms with Crippen LogP contribution in [0.5, 0.6) is 0 Å². The molecular weight excluding hydrogens is 222 g/mol. The van der Waals surface area contributed by atoms with E-state index in [1.807, 2.05) is 0 Å². The van der Waals surface area contributed by atoms with E-state index in [2.05, 4.69) is 11.8 Å². The number of carbonyl (C=O) groups excluding carboxylic acids is 1. The first kappa shape index (κ1) is 13.8. The smallest absolute Gasteiger partial charge is 0.222 e. The number of nitrogens with zero attached hydrogens (tertiary/aromatic N) is 1. The van der Waals surface area contributed by atoms with Gasteiger partial charge in [0.1, 0.15) is 0 Å². The van der Waals surface area contributed by atoms with Gasteiger partial charge in [0.15, 0.2) is 0 Å². The Morgan fingerprint density at radius 2 is 2.19 bits per heavy atom. The third kappa shape index (κ3) is 4.32. The first-order valence-corrected chi connectivity index (χ1v) is 7.18. The Kier molecular flexibility index (Phi) is 6.86. The van der Waals surface area contributed by atoms with Gasteiger partial charge in [-0.2, -0.15) is 0 Å². The van der Waals surface area contributed by atoms with Gasteiger partial charge < -0.3 is 4.90 Å². The molecule has 16 heavy (non-hydrogen) atoms. The maximum atomic E-state index is 12.0. The zero-order valence-electron chi connectivity index (χ0n) is 10.4. The largest absolute Gasteiger partial charge is 0.340 e. The number of hydrogen-bond donors (Lipinski definition) is 0. The minimum absolute atomic E-state index is 0.350. The number of piperidine rings is 1. The van der Waals surface area contributed by atoms with Gasteiger partial charge in [-0.3, -0.25) is 4.79 Å². The molecule has 0 aromatic rings. The number of hydrogen-bond acceptors (Lipinski definition) is 1. The second-order valence-electron chi connectivity index (χ2n) is 4.67. The van der Waals surface area contributed by atoms with E-state index in [0.29, 0.717) is 24.2 Å². The fourth-order valence-corrected chi connectivity index (χ4v) is 2.67. The third-order valence-electron chi connectivity index (χ3n) is 3.34. The molecule has 94 valence electrons. The van der Waals surface area contributed by atoms with Gasteiger partial charge >= 0.3 is 0 Å². The minimum atomic E-state index is 0.350. The van der Waals surface area contributed by atoms with Gasteiger partial charge in [-0.25, -0.2) is 0 Å². The lowest BCUT2D eigenvalue weighted by Crippen LogP contribution is -2.43. The monoisotopic (exact) mass is 245 g/mol. The molecule has 1 aliphatic heterocycles. The highest BCUT2D eigenvalue weighted by atomic mass is 35.5. The van der Waals surface area contributed by atoms with Crippen LogP contribution in [0.3, 0.4) is 0 Å². The minimum Gasteiger partial charge on any atom is -0.340 e. The Hall–Kier alpha value is -0.240. The summed E-state index contributed by atoms with van der Waals surface area (Å²) in [5, 5.41) is 0. The van der Waals surface area contributed by atoms with Gasteiger partial charge in [0.25, 0.3) is 0 Å². The van der Waals surface area contributed by atoms with Crippen molar-refractivity contribution in [3.8, 4) is 0 Å². The van der Waals surface area contributed by atoms with Crippen LogP contribution in [-0.2, 0) is 4.79 Å². The van der Waals surface area contributed by atoms with Crippen molar-refractivity contribution in [2.75, 3.05) is 12.4 Å². The van der Waals surface area contributed by atoms with Crippen molar-refractivity contribution in [2.24, 2.45) is 0 Å². The lowest BCUT2D eigenvalue weighted by molar-refractivity contribution is -0.135. The maximum absolute atomic E-state index is 12.0. The van der Waals surface area contributed by atoms with Gasteiger partial charge in [0.05, 0.1) is 0 Å². The zero-order chi connectivity index (χ0) is 11.8. The van der Waals surface area contributed by atoms with Crippen LogP contribution in [0, 0.1) is 0 Å². The number of halogens is 1. The van der Waals surface area contributed by atoms with E-state index in [1.165, 1.54) is 32.1 Å². The van der Waals surface area contributed by atoms with Crippen molar-refractivity contribution in [1.29, 1.82) is 0 Å². The number of carbonyl (C=O) groups is 1. The van der Waals surface area contributed by atoms with Gasteiger partial charge in [0, 0.05) is 24.9 Å². The molecule has 1 heterocycles. The number of rotatable bonds is 6. The average molecular weight is 246 g/mol. The molecule has 0 spiro atoms. The van der Waals surface area contributed by atoms with Crippen molar-refractivity contribution in [1.82, 2.24) is 4.90 Å². The summed E-state index contributed by atoms with van der Waals surface area (Å²) >= 11 is 5.62. The van der Waals surface area contributed by atoms with Crippen LogP contribution in [0.25, 0.3) is 0 Å². The fourth-order valence-electron chi connectivity index (χ4n) is 2.48. The summed E-state index contributed by atoms with van der Waals surface area (Å²) in [6, 6.07) is 0.516. The zero-order valence-corrected chi connectivity index (χ0v) is 11.1. The molecule has 0 saturated carbocycles. The van der Waals surface area contributed by atoms with Crippen molar-refractivity contribution in [2.45, 2.75) is 64.3 Å². The highest BCUT2D eigenvalue weighted by Crippen LogP contribution is 2.22. The standard InChI is InChI=1S/C13H24ClNO/c1-2-7-12-8-4-6-11-15(12)13(16)9-3-5-10-14/h12H,2-11H2,1H3. The maximum Gasteiger partial charge on any atom is 0.222 e. The molecule has 1 saturated heterocycles. The molecule has 0 N–H and O–H groups in total. The molecule has 1 unspecified atom stereocenters. The number of amides is 1. The van der Waals surface area contributed by atoms with E-state index in [-0.39, 0.29) is 0 Å². The highest BCUT2D eigenvalue weighted by molar-refractivity contribution is 6.17. The van der Waals surface area contributed by atoms with Crippen LogP contribution in [0.4, 0.5) is 0 Å². The second kappa shape index (κ2) is 7.94. The third-order valence-corrected chi connectivity index (χ3v) is 3.61. The van der Waals surface area contributed by atoms with Crippen LogP contribution in [0.15, 0.2) is 0 Å². The lowest BCUT2D eigenvalue weighted by atomic mass is 9.97. The van der Waals surface area contributed by atoms with Crippen LogP contribution in [-0.4, -0.2) is 29.3 Å².